The zero-order valence-corrected chi connectivity index (χ0v) is 33.4. The number of nitrogens with one attached hydrogen (secondary N) is 2. The second kappa shape index (κ2) is 17.2. The number of aryl methyl sites for hydroxylation is 5. The molecule has 0 radical (unpaired) electrons. The standard InChI is InChI=1S/C46H66N4/c1-11-21-23-25-37-43-33(17-7)29(13-3)39(47-43)27-41-31(15-5)35(19-9)45(49-41)38(26-24-22-12-2)46-36(20-10)32(16-6)42(50-46)28-40-30(14-4)34(18-8)44(37)48-40/h27-28,47-48H,11-26H2,1-10H3. The smallest absolute Gasteiger partial charge is 0.0726 e. The Bertz CT molecular complexity index is 1780. The summed E-state index contributed by atoms with van der Waals surface area (Å²) in [4.78, 5) is 19.5. The monoisotopic (exact) mass is 675 g/mol. The molecular formula is C46H66N4. The Morgan fingerprint density at radius 1 is 0.400 bits per heavy atom. The number of hydrogen-bond donors (Lipinski definition) is 2. The van der Waals surface area contributed by atoms with Gasteiger partial charge in [0.2, 0.25) is 0 Å². The van der Waals surface area contributed by atoms with E-state index in [1.54, 1.807) is 0 Å². The zero-order valence-electron chi connectivity index (χ0n) is 33.4. The Morgan fingerprint density at radius 2 is 0.780 bits per heavy atom. The van der Waals surface area contributed by atoms with Gasteiger partial charge in [-0.2, -0.15) is 0 Å². The van der Waals surface area contributed by atoms with Gasteiger partial charge in [0.05, 0.1) is 22.8 Å². The van der Waals surface area contributed by atoms with Crippen molar-refractivity contribution in [2.24, 2.45) is 0 Å². The van der Waals surface area contributed by atoms with Crippen LogP contribution in [-0.4, -0.2) is 19.9 Å². The molecule has 2 aliphatic rings. The lowest BCUT2D eigenvalue weighted by atomic mass is 9.91. The van der Waals surface area contributed by atoms with Crippen LogP contribution in [0.5, 0.6) is 0 Å². The third kappa shape index (κ3) is 6.93. The first-order valence-corrected chi connectivity index (χ1v) is 20.7. The SMILES string of the molecule is CCCCCc1c2nc(cc3[nH]c(c(CC)c3CC)c(CCCCC)c3[nH]c(cc4nc1C(CC)=C4CC)c(CC)c3CC)C(CC)=C2CC. The maximum Gasteiger partial charge on any atom is 0.0726 e. The highest BCUT2D eigenvalue weighted by Gasteiger charge is 2.27. The Hall–Kier alpha value is -3.40. The highest BCUT2D eigenvalue weighted by molar-refractivity contribution is 5.98. The van der Waals surface area contributed by atoms with E-state index in [2.05, 4.69) is 91.3 Å². The van der Waals surface area contributed by atoms with Crippen LogP contribution in [0.1, 0.15) is 190 Å². The molecule has 50 heavy (non-hydrogen) atoms. The van der Waals surface area contributed by atoms with Crippen LogP contribution in [0, 0.1) is 0 Å². The van der Waals surface area contributed by atoms with Crippen LogP contribution in [0.3, 0.4) is 0 Å². The summed E-state index contributed by atoms with van der Waals surface area (Å²) in [5, 5.41) is 0. The van der Waals surface area contributed by atoms with Crippen molar-refractivity contribution in [3.8, 4) is 0 Å². The maximum absolute atomic E-state index is 5.64. The van der Waals surface area contributed by atoms with Crippen molar-refractivity contribution in [3.05, 3.63) is 68.3 Å². The van der Waals surface area contributed by atoms with Crippen molar-refractivity contribution < 1.29 is 0 Å². The number of aromatic nitrogens is 4. The molecule has 0 aromatic carbocycles. The molecular weight excluding hydrogens is 609 g/mol. The van der Waals surface area contributed by atoms with Crippen LogP contribution >= 0.6 is 0 Å². The first-order valence-electron chi connectivity index (χ1n) is 20.7. The largest absolute Gasteiger partial charge is 0.355 e. The normalized spacial score (nSPS) is 13.3. The lowest BCUT2D eigenvalue weighted by Gasteiger charge is -2.12. The summed E-state index contributed by atoms with van der Waals surface area (Å²) in [5.74, 6) is 0. The van der Waals surface area contributed by atoms with Gasteiger partial charge in [-0.15, -0.1) is 0 Å². The molecule has 4 nitrogen and oxygen atoms in total. The minimum atomic E-state index is 0.979. The molecule has 0 fully saturated rings. The Labute approximate surface area is 303 Å². The molecule has 8 bridgehead atoms. The van der Waals surface area contributed by atoms with E-state index in [0.29, 0.717) is 0 Å². The van der Waals surface area contributed by atoms with Gasteiger partial charge in [-0.25, -0.2) is 9.97 Å². The summed E-state index contributed by atoms with van der Waals surface area (Å²) in [6, 6.07) is 4.83. The number of rotatable bonds is 16. The van der Waals surface area contributed by atoms with Gasteiger partial charge >= 0.3 is 0 Å². The fourth-order valence-electron chi connectivity index (χ4n) is 9.04. The lowest BCUT2D eigenvalue weighted by molar-refractivity contribution is 0.713. The highest BCUT2D eigenvalue weighted by atomic mass is 14.8. The summed E-state index contributed by atoms with van der Waals surface area (Å²) >= 11 is 0. The van der Waals surface area contributed by atoms with Crippen LogP contribution in [0.15, 0.2) is 12.1 Å². The van der Waals surface area contributed by atoms with Crippen molar-refractivity contribution in [1.82, 2.24) is 19.9 Å². The minimum Gasteiger partial charge on any atom is -0.355 e. The molecule has 5 rings (SSSR count). The number of unbranched alkanes of at least 4 members (excludes halogenated alkanes) is 4. The highest BCUT2D eigenvalue weighted by Crippen LogP contribution is 2.42. The summed E-state index contributed by atoms with van der Waals surface area (Å²) < 4.78 is 0. The van der Waals surface area contributed by atoms with Crippen LogP contribution in [0.25, 0.3) is 44.4 Å². The molecule has 0 saturated carbocycles. The van der Waals surface area contributed by atoms with Gasteiger partial charge in [0.25, 0.3) is 0 Å². The summed E-state index contributed by atoms with van der Waals surface area (Å²) in [6.45, 7) is 23.2. The van der Waals surface area contributed by atoms with Crippen LogP contribution in [0.4, 0.5) is 0 Å². The Kier molecular flexibility index (Phi) is 13.0. The number of allylic oxidation sites excluding steroid dienone is 4. The number of aromatic amines is 2. The first kappa shape index (κ1) is 37.8. The van der Waals surface area contributed by atoms with Gasteiger partial charge in [-0.1, -0.05) is 94.9 Å². The van der Waals surface area contributed by atoms with Crippen molar-refractivity contribution in [1.29, 1.82) is 0 Å². The topological polar surface area (TPSA) is 57.4 Å². The second-order valence-electron chi connectivity index (χ2n) is 14.3. The lowest BCUT2D eigenvalue weighted by Crippen LogP contribution is -2.00. The van der Waals surface area contributed by atoms with Gasteiger partial charge in [-0.05, 0) is 139 Å². The van der Waals surface area contributed by atoms with Crippen molar-refractivity contribution in [2.75, 3.05) is 0 Å². The third-order valence-corrected chi connectivity index (χ3v) is 11.5. The summed E-state index contributed by atoms with van der Waals surface area (Å²) in [5.41, 5.74) is 24.2. The van der Waals surface area contributed by atoms with Gasteiger partial charge < -0.3 is 9.97 Å². The molecule has 0 amide bonds. The zero-order chi connectivity index (χ0) is 35.9. The molecule has 2 aliphatic heterocycles. The molecule has 2 N–H and O–H groups in total. The molecule has 270 valence electrons. The maximum atomic E-state index is 5.64. The fraction of sp³-hybridized carbons (Fsp3) is 0.565. The average molecular weight is 675 g/mol. The Balaban J connectivity index is 2.10. The molecule has 3 aromatic rings. The number of nitrogens with zero attached hydrogens (tertiary/aromatic N) is 2. The predicted octanol–water partition coefficient (Wildman–Crippen LogP) is 13.5. The Morgan fingerprint density at radius 3 is 1.12 bits per heavy atom. The van der Waals surface area contributed by atoms with E-state index in [-0.39, 0.29) is 0 Å². The van der Waals surface area contributed by atoms with Gasteiger partial charge in [0.15, 0.2) is 0 Å². The summed E-state index contributed by atoms with van der Waals surface area (Å²) in [7, 11) is 0. The number of fused-ring (bicyclic) bond motifs is 8. The molecule has 3 aromatic heterocycles. The second-order valence-corrected chi connectivity index (χ2v) is 14.3. The van der Waals surface area contributed by atoms with E-state index in [1.165, 1.54) is 121 Å². The van der Waals surface area contributed by atoms with E-state index in [1.807, 2.05) is 0 Å². The van der Waals surface area contributed by atoms with Gasteiger partial charge in [0.1, 0.15) is 0 Å². The van der Waals surface area contributed by atoms with E-state index in [9.17, 15) is 0 Å². The molecule has 0 aliphatic carbocycles. The number of H-pyrrole nitrogens is 2. The average Bonchev–Trinajstić information content (AvgIpc) is 3.87. The quantitative estimate of drug-likeness (QED) is 0.149. The van der Waals surface area contributed by atoms with Crippen molar-refractivity contribution in [2.45, 2.75) is 172 Å². The van der Waals surface area contributed by atoms with Gasteiger partial charge in [-0.3, -0.25) is 0 Å². The van der Waals surface area contributed by atoms with Gasteiger partial charge in [0, 0.05) is 27.6 Å². The molecule has 0 unspecified atom stereocenters. The van der Waals surface area contributed by atoms with Crippen molar-refractivity contribution >= 4 is 44.4 Å². The minimum absolute atomic E-state index is 0.979. The number of hydrogen-bond acceptors (Lipinski definition) is 2. The van der Waals surface area contributed by atoms with E-state index < -0.39 is 0 Å². The van der Waals surface area contributed by atoms with Crippen molar-refractivity contribution in [3.63, 3.8) is 0 Å². The summed E-state index contributed by atoms with van der Waals surface area (Å²) in [6.07, 6.45) is 17.3. The molecule has 4 heteroatoms. The third-order valence-electron chi connectivity index (χ3n) is 11.5. The van der Waals surface area contributed by atoms with Crippen LogP contribution in [0.2, 0.25) is 0 Å². The first-order chi connectivity index (χ1) is 24.4. The molecule has 0 saturated heterocycles. The van der Waals surface area contributed by atoms with Crippen LogP contribution < -0.4 is 0 Å². The fourth-order valence-corrected chi connectivity index (χ4v) is 9.04. The van der Waals surface area contributed by atoms with E-state index >= 15 is 0 Å². The van der Waals surface area contributed by atoms with Crippen LogP contribution in [-0.2, 0) is 38.5 Å². The molecule has 0 atom stereocenters. The van der Waals surface area contributed by atoms with E-state index in [4.69, 9.17) is 9.97 Å². The molecule has 0 spiro atoms. The van der Waals surface area contributed by atoms with E-state index in [0.717, 1.165) is 82.0 Å². The molecule has 5 heterocycles. The predicted molar refractivity (Wildman–Crippen MR) is 220 cm³/mol.